The van der Waals surface area contributed by atoms with Crippen LogP contribution in [0.2, 0.25) is 0 Å². The molecule has 0 fully saturated rings. The summed E-state index contributed by atoms with van der Waals surface area (Å²) in [6, 6.07) is 9.40. The van der Waals surface area contributed by atoms with Crippen molar-refractivity contribution in [3.05, 3.63) is 54.0 Å². The van der Waals surface area contributed by atoms with Crippen LogP contribution in [0.3, 0.4) is 0 Å². The van der Waals surface area contributed by atoms with Crippen LogP contribution in [-0.2, 0) is 6.42 Å². The Bertz CT molecular complexity index is 841. The van der Waals surface area contributed by atoms with Crippen LogP contribution < -0.4 is 10.6 Å². The van der Waals surface area contributed by atoms with Crippen LogP contribution in [0.15, 0.2) is 42.7 Å². The summed E-state index contributed by atoms with van der Waals surface area (Å²) in [7, 11) is 0. The van der Waals surface area contributed by atoms with Gasteiger partial charge in [0.1, 0.15) is 0 Å². The van der Waals surface area contributed by atoms with Crippen LogP contribution in [0, 0.1) is 0 Å². The Kier molecular flexibility index (Phi) is 3.00. The molecule has 6 heteroatoms. The monoisotopic (exact) mass is 293 g/mol. The second-order valence-electron chi connectivity index (χ2n) is 5.37. The van der Waals surface area contributed by atoms with Gasteiger partial charge in [0.25, 0.3) is 0 Å². The van der Waals surface area contributed by atoms with Gasteiger partial charge in [-0.3, -0.25) is 10.1 Å². The average Bonchev–Trinajstić information content (AvgIpc) is 3.15. The highest BCUT2D eigenvalue weighted by atomic mass is 16.2. The van der Waals surface area contributed by atoms with E-state index >= 15 is 0 Å². The lowest BCUT2D eigenvalue weighted by Crippen LogP contribution is -2.31. The molecule has 0 aliphatic heterocycles. The van der Waals surface area contributed by atoms with E-state index in [0.29, 0.717) is 0 Å². The molecule has 110 valence electrons. The molecular formula is C16H15N5O. The number of H-pyrrole nitrogens is 1. The number of hydrogen-bond donors (Lipinski definition) is 3. The number of anilines is 1. The Hall–Kier alpha value is -2.89. The Morgan fingerprint density at radius 2 is 2.23 bits per heavy atom. The topological polar surface area (TPSA) is 82.7 Å². The van der Waals surface area contributed by atoms with Crippen LogP contribution in [0.5, 0.6) is 0 Å². The Morgan fingerprint density at radius 3 is 3.18 bits per heavy atom. The molecule has 1 aliphatic carbocycles. The minimum atomic E-state index is -0.225. The lowest BCUT2D eigenvalue weighted by molar-refractivity contribution is 0.248. The molecule has 3 aromatic rings. The third-order valence-corrected chi connectivity index (χ3v) is 4.00. The van der Waals surface area contributed by atoms with Gasteiger partial charge < -0.3 is 10.6 Å². The first-order valence-corrected chi connectivity index (χ1v) is 7.24. The molecule has 0 saturated carbocycles. The molecule has 1 aromatic carbocycles. The van der Waals surface area contributed by atoms with E-state index in [2.05, 4.69) is 31.9 Å². The number of aryl methyl sites for hydroxylation is 1. The van der Waals surface area contributed by atoms with Crippen LogP contribution in [-0.4, -0.2) is 21.2 Å². The second-order valence-corrected chi connectivity index (χ2v) is 5.37. The third kappa shape index (κ3) is 2.18. The van der Waals surface area contributed by atoms with Gasteiger partial charge in [-0.2, -0.15) is 5.10 Å². The van der Waals surface area contributed by atoms with Crippen molar-refractivity contribution in [1.82, 2.24) is 20.5 Å². The van der Waals surface area contributed by atoms with E-state index in [1.807, 2.05) is 24.3 Å². The first-order valence-electron chi connectivity index (χ1n) is 7.24. The Morgan fingerprint density at radius 1 is 1.27 bits per heavy atom. The van der Waals surface area contributed by atoms with Gasteiger partial charge in [-0.15, -0.1) is 0 Å². The van der Waals surface area contributed by atoms with Gasteiger partial charge in [0.05, 0.1) is 29.1 Å². The van der Waals surface area contributed by atoms with Crippen LogP contribution in [0.4, 0.5) is 10.5 Å². The molecule has 0 bridgehead atoms. The van der Waals surface area contributed by atoms with E-state index in [4.69, 9.17) is 0 Å². The van der Waals surface area contributed by atoms with Crippen molar-refractivity contribution in [2.75, 3.05) is 5.32 Å². The fourth-order valence-electron chi connectivity index (χ4n) is 2.95. The first kappa shape index (κ1) is 12.8. The predicted octanol–water partition coefficient (Wildman–Crippen LogP) is 2.77. The Balaban J connectivity index is 1.51. The molecule has 1 unspecified atom stereocenters. The normalized spacial score (nSPS) is 16.5. The lowest BCUT2D eigenvalue weighted by Gasteiger charge is -2.14. The predicted molar refractivity (Wildman–Crippen MR) is 83.5 cm³/mol. The summed E-state index contributed by atoms with van der Waals surface area (Å²) >= 11 is 0. The minimum Gasteiger partial charge on any atom is -0.329 e. The molecule has 6 nitrogen and oxygen atoms in total. The highest BCUT2D eigenvalue weighted by Gasteiger charge is 2.25. The zero-order valence-electron chi connectivity index (χ0n) is 11.8. The van der Waals surface area contributed by atoms with Gasteiger partial charge in [-0.05, 0) is 36.6 Å². The van der Waals surface area contributed by atoms with Crippen molar-refractivity contribution in [2.24, 2.45) is 0 Å². The molecule has 0 radical (unpaired) electrons. The number of rotatable bonds is 2. The standard InChI is InChI=1S/C16H15N5O/c22-16(19-12-4-1-5-13-11(12)9-18-21-13)20-14-7-6-10-3-2-8-17-15(10)14/h1-5,8-9,14H,6-7H2,(H,18,21)(H2,19,20,22). The molecule has 1 aliphatic rings. The van der Waals surface area contributed by atoms with E-state index < -0.39 is 0 Å². The summed E-state index contributed by atoms with van der Waals surface area (Å²) < 4.78 is 0. The number of carbonyl (C=O) groups excluding carboxylic acids is 1. The molecule has 2 aromatic heterocycles. The summed E-state index contributed by atoms with van der Waals surface area (Å²) in [6.07, 6.45) is 5.31. The summed E-state index contributed by atoms with van der Waals surface area (Å²) in [5, 5.41) is 13.7. The third-order valence-electron chi connectivity index (χ3n) is 4.00. The quantitative estimate of drug-likeness (QED) is 0.679. The maximum absolute atomic E-state index is 12.3. The number of nitrogens with one attached hydrogen (secondary N) is 3. The number of fused-ring (bicyclic) bond motifs is 2. The molecule has 0 spiro atoms. The minimum absolute atomic E-state index is 0.0280. The van der Waals surface area contributed by atoms with Gasteiger partial charge in [0.15, 0.2) is 0 Å². The van der Waals surface area contributed by atoms with Gasteiger partial charge in [-0.1, -0.05) is 12.1 Å². The number of carbonyl (C=O) groups is 1. The van der Waals surface area contributed by atoms with Crippen LogP contribution >= 0.6 is 0 Å². The van der Waals surface area contributed by atoms with Crippen LogP contribution in [0.25, 0.3) is 10.9 Å². The molecule has 4 rings (SSSR count). The molecular weight excluding hydrogens is 278 g/mol. The highest BCUT2D eigenvalue weighted by molar-refractivity contribution is 6.00. The zero-order chi connectivity index (χ0) is 14.9. The smallest absolute Gasteiger partial charge is 0.319 e. The van der Waals surface area contributed by atoms with Gasteiger partial charge in [-0.25, -0.2) is 4.79 Å². The van der Waals surface area contributed by atoms with Gasteiger partial charge in [0, 0.05) is 11.6 Å². The fourth-order valence-corrected chi connectivity index (χ4v) is 2.95. The van der Waals surface area contributed by atoms with E-state index in [9.17, 15) is 4.79 Å². The van der Waals surface area contributed by atoms with E-state index in [1.165, 1.54) is 5.56 Å². The van der Waals surface area contributed by atoms with Crippen molar-refractivity contribution in [1.29, 1.82) is 0 Å². The molecule has 1 atom stereocenters. The zero-order valence-corrected chi connectivity index (χ0v) is 11.8. The number of pyridine rings is 1. The van der Waals surface area contributed by atoms with Gasteiger partial charge >= 0.3 is 6.03 Å². The van der Waals surface area contributed by atoms with Crippen LogP contribution in [0.1, 0.15) is 23.7 Å². The summed E-state index contributed by atoms with van der Waals surface area (Å²) in [4.78, 5) is 16.6. The summed E-state index contributed by atoms with van der Waals surface area (Å²) in [5.74, 6) is 0. The van der Waals surface area contributed by atoms with E-state index in [1.54, 1.807) is 12.4 Å². The maximum Gasteiger partial charge on any atom is 0.319 e. The fraction of sp³-hybridized carbons (Fsp3) is 0.188. The number of aromatic amines is 1. The molecule has 0 saturated heterocycles. The number of benzene rings is 1. The average molecular weight is 293 g/mol. The molecule has 3 N–H and O–H groups in total. The lowest BCUT2D eigenvalue weighted by atomic mass is 10.2. The maximum atomic E-state index is 12.3. The van der Waals surface area contributed by atoms with Crippen molar-refractivity contribution >= 4 is 22.6 Å². The van der Waals surface area contributed by atoms with Crippen molar-refractivity contribution in [2.45, 2.75) is 18.9 Å². The first-order chi connectivity index (χ1) is 10.8. The number of aromatic nitrogens is 3. The number of hydrogen-bond acceptors (Lipinski definition) is 3. The van der Waals surface area contributed by atoms with Crippen molar-refractivity contribution < 1.29 is 4.79 Å². The summed E-state index contributed by atoms with van der Waals surface area (Å²) in [6.45, 7) is 0. The van der Waals surface area contributed by atoms with Crippen molar-refractivity contribution in [3.63, 3.8) is 0 Å². The van der Waals surface area contributed by atoms with E-state index in [-0.39, 0.29) is 12.1 Å². The highest BCUT2D eigenvalue weighted by Crippen LogP contribution is 2.29. The Labute approximate surface area is 127 Å². The summed E-state index contributed by atoms with van der Waals surface area (Å²) in [5.41, 5.74) is 3.82. The van der Waals surface area contributed by atoms with E-state index in [0.717, 1.165) is 35.1 Å². The molecule has 2 heterocycles. The van der Waals surface area contributed by atoms with Gasteiger partial charge in [0.2, 0.25) is 0 Å². The number of nitrogens with zero attached hydrogens (tertiary/aromatic N) is 2. The SMILES string of the molecule is O=C(Nc1cccc2[nH]ncc12)NC1CCc2cccnc21. The number of amides is 2. The molecule has 22 heavy (non-hydrogen) atoms. The second kappa shape index (κ2) is 5.14. The largest absolute Gasteiger partial charge is 0.329 e. The molecule has 2 amide bonds. The van der Waals surface area contributed by atoms with Crippen molar-refractivity contribution in [3.8, 4) is 0 Å². The number of urea groups is 1.